The quantitative estimate of drug-likeness (QED) is 0.0427. The Kier molecular flexibility index (Phi) is 15.5. The number of phenolic OH excluding ortho intramolecular Hbond substituents is 1. The summed E-state index contributed by atoms with van der Waals surface area (Å²) >= 11 is 4.32. The van der Waals surface area contributed by atoms with E-state index in [1.165, 1.54) is 12.1 Å². The van der Waals surface area contributed by atoms with Crippen molar-refractivity contribution in [3.63, 3.8) is 0 Å². The monoisotopic (exact) mass is 775 g/mol. The van der Waals surface area contributed by atoms with E-state index < -0.39 is 59.7 Å². The summed E-state index contributed by atoms with van der Waals surface area (Å²) in [6.45, 7) is 0.296. The Bertz CT molecular complexity index is 1880. The van der Waals surface area contributed by atoms with Gasteiger partial charge in [-0.1, -0.05) is 54.6 Å². The normalized spacial score (nSPS) is 21.1. The van der Waals surface area contributed by atoms with Gasteiger partial charge in [-0.25, -0.2) is 0 Å². The lowest BCUT2D eigenvalue weighted by Crippen LogP contribution is -2.58. The molecule has 0 bridgehead atoms. The first-order valence-corrected chi connectivity index (χ1v) is 18.4. The summed E-state index contributed by atoms with van der Waals surface area (Å²) in [6.07, 6.45) is 0.658. The van der Waals surface area contributed by atoms with Crippen molar-refractivity contribution in [3.05, 3.63) is 77.9 Å². The van der Waals surface area contributed by atoms with Crippen molar-refractivity contribution >= 4 is 64.9 Å². The van der Waals surface area contributed by atoms with E-state index in [0.717, 1.165) is 16.3 Å². The van der Waals surface area contributed by atoms with Crippen molar-refractivity contribution in [2.75, 3.05) is 18.8 Å². The van der Waals surface area contributed by atoms with E-state index in [1.807, 2.05) is 42.5 Å². The molecule has 5 atom stereocenters. The van der Waals surface area contributed by atoms with Crippen LogP contribution in [0.3, 0.4) is 0 Å². The van der Waals surface area contributed by atoms with E-state index in [1.54, 1.807) is 12.1 Å². The molecular formula is C37H49N11O6S. The number of rotatable bonds is 13. The van der Waals surface area contributed by atoms with Crippen molar-refractivity contribution in [1.82, 2.24) is 26.6 Å². The third-order valence-electron chi connectivity index (χ3n) is 8.87. The van der Waals surface area contributed by atoms with Gasteiger partial charge >= 0.3 is 0 Å². The molecule has 1 aliphatic rings. The van der Waals surface area contributed by atoms with Gasteiger partial charge in [0.05, 0.1) is 0 Å². The first-order valence-electron chi connectivity index (χ1n) is 17.8. The number of nitrogens with two attached hydrogens (primary N) is 4. The van der Waals surface area contributed by atoms with E-state index >= 15 is 0 Å². The largest absolute Gasteiger partial charge is 0.508 e. The molecule has 3 aromatic carbocycles. The van der Waals surface area contributed by atoms with Crippen molar-refractivity contribution in [2.24, 2.45) is 32.9 Å². The number of fused-ring (bicyclic) bond motifs is 1. The van der Waals surface area contributed by atoms with Gasteiger partial charge in [-0.15, -0.1) is 0 Å². The van der Waals surface area contributed by atoms with Crippen LogP contribution in [0.25, 0.3) is 10.8 Å². The molecule has 1 saturated heterocycles. The molecule has 294 valence electrons. The maximum absolute atomic E-state index is 14.0. The van der Waals surface area contributed by atoms with Crippen molar-refractivity contribution in [3.8, 4) is 5.75 Å². The molecule has 5 amide bonds. The molecule has 17 nitrogen and oxygen atoms in total. The van der Waals surface area contributed by atoms with Gasteiger partial charge in [0.1, 0.15) is 36.0 Å². The fraction of sp³-hybridized carbons (Fsp3) is 0.378. The number of hydrogen-bond donors (Lipinski definition) is 11. The summed E-state index contributed by atoms with van der Waals surface area (Å²) in [7, 11) is 0. The molecule has 0 aliphatic carbocycles. The van der Waals surface area contributed by atoms with E-state index in [9.17, 15) is 29.1 Å². The molecular weight excluding hydrogens is 727 g/mol. The number of thiol groups is 1. The van der Waals surface area contributed by atoms with Gasteiger partial charge < -0.3 is 54.6 Å². The van der Waals surface area contributed by atoms with Crippen LogP contribution in [0.5, 0.6) is 5.75 Å². The highest BCUT2D eigenvalue weighted by Crippen LogP contribution is 2.18. The third kappa shape index (κ3) is 13.1. The number of benzene rings is 3. The van der Waals surface area contributed by atoms with Crippen LogP contribution in [0.2, 0.25) is 0 Å². The van der Waals surface area contributed by atoms with Crippen molar-refractivity contribution in [2.45, 2.75) is 68.7 Å². The highest BCUT2D eigenvalue weighted by Gasteiger charge is 2.34. The number of hydrogen-bond acceptors (Lipinski definition) is 9. The van der Waals surface area contributed by atoms with Crippen LogP contribution in [-0.4, -0.2) is 95.6 Å². The molecule has 0 spiro atoms. The van der Waals surface area contributed by atoms with Gasteiger partial charge in [-0.2, -0.15) is 12.6 Å². The summed E-state index contributed by atoms with van der Waals surface area (Å²) in [5.74, 6) is -3.95. The smallest absolute Gasteiger partial charge is 0.244 e. The first-order chi connectivity index (χ1) is 26.3. The molecule has 1 heterocycles. The van der Waals surface area contributed by atoms with E-state index in [0.29, 0.717) is 5.56 Å². The molecule has 4 rings (SSSR count). The fourth-order valence-corrected chi connectivity index (χ4v) is 6.25. The SMILES string of the molecule is NC(N)=NCCC[C@@H]1NC(=O)[C@H](CCCN=C(N)N)NC(=O)[C@H](Cc2ccc(O)cc2)NC(=O)[C@H](CS)NC(=O)[C@H](Cc2ccc3ccccc3c2)NC1=O. The Morgan fingerprint density at radius 3 is 1.49 bits per heavy atom. The number of amides is 5. The average molecular weight is 776 g/mol. The van der Waals surface area contributed by atoms with Crippen LogP contribution >= 0.6 is 12.6 Å². The number of aliphatic imine (C=N–C) groups is 2. The fourth-order valence-electron chi connectivity index (χ4n) is 5.99. The predicted octanol–water partition coefficient (Wildman–Crippen LogP) is -1.19. The predicted molar refractivity (Wildman–Crippen MR) is 213 cm³/mol. The zero-order valence-electron chi connectivity index (χ0n) is 30.2. The van der Waals surface area contributed by atoms with E-state index in [-0.39, 0.29) is 75.0 Å². The minimum Gasteiger partial charge on any atom is -0.508 e. The Morgan fingerprint density at radius 2 is 0.982 bits per heavy atom. The van der Waals surface area contributed by atoms with Gasteiger partial charge in [0.15, 0.2) is 11.9 Å². The average Bonchev–Trinajstić information content (AvgIpc) is 3.15. The van der Waals surface area contributed by atoms with Crippen LogP contribution in [0, 0.1) is 0 Å². The summed E-state index contributed by atoms with van der Waals surface area (Å²) in [5, 5.41) is 25.4. The van der Waals surface area contributed by atoms with E-state index in [2.05, 4.69) is 49.2 Å². The molecule has 0 saturated carbocycles. The van der Waals surface area contributed by atoms with Gasteiger partial charge in [0, 0.05) is 31.7 Å². The lowest BCUT2D eigenvalue weighted by molar-refractivity contribution is -0.134. The standard InChI is InChI=1S/C37H49N11O6S/c38-36(39)42-15-3-7-26-31(50)44-27(8-4-16-43-37(40)41)32(51)46-29(19-22-9-12-23-5-1-2-6-24(23)17-22)34(53)48-30(20-55)35(54)47-28(33(52)45-26)18-21-10-13-25(49)14-11-21/h1-2,5-6,9-14,17,26-30,49,55H,3-4,7-8,15-16,18-20H2,(H,44,50)(H,45,52)(H,46,51)(H,47,54)(H,48,53)(H4,38,39,42)(H4,40,41,43)/t26-,27-,28-,29-,30-/m0/s1. The van der Waals surface area contributed by atoms with E-state index in [4.69, 9.17) is 22.9 Å². The molecule has 55 heavy (non-hydrogen) atoms. The molecule has 3 aromatic rings. The highest BCUT2D eigenvalue weighted by molar-refractivity contribution is 7.80. The molecule has 0 aromatic heterocycles. The number of guanidine groups is 2. The minimum atomic E-state index is -1.24. The first kappa shape index (κ1) is 41.7. The molecule has 1 aliphatic heterocycles. The van der Waals surface area contributed by atoms with Crippen molar-refractivity contribution < 1.29 is 29.1 Å². The number of phenols is 1. The van der Waals surface area contributed by atoms with Gasteiger partial charge in [-0.3, -0.25) is 34.0 Å². The van der Waals surface area contributed by atoms with Crippen LogP contribution in [0.1, 0.15) is 36.8 Å². The third-order valence-corrected chi connectivity index (χ3v) is 9.23. The number of carbonyl (C=O) groups excluding carboxylic acids is 5. The Labute approximate surface area is 323 Å². The second-order valence-corrected chi connectivity index (χ2v) is 13.5. The molecule has 18 heteroatoms. The maximum Gasteiger partial charge on any atom is 0.244 e. The van der Waals surface area contributed by atoms with Crippen molar-refractivity contribution in [1.29, 1.82) is 0 Å². The Balaban J connectivity index is 1.73. The number of aromatic hydroxyl groups is 1. The molecule has 1 fully saturated rings. The van der Waals surface area contributed by atoms with Gasteiger partial charge in [-0.05, 0) is 59.7 Å². The summed E-state index contributed by atoms with van der Waals surface area (Å²) < 4.78 is 0. The second-order valence-electron chi connectivity index (χ2n) is 13.1. The molecule has 14 N–H and O–H groups in total. The molecule has 0 radical (unpaired) electrons. The zero-order valence-corrected chi connectivity index (χ0v) is 31.1. The second kappa shape index (κ2) is 20.4. The van der Waals surface area contributed by atoms with Crippen LogP contribution in [-0.2, 0) is 36.8 Å². The lowest BCUT2D eigenvalue weighted by Gasteiger charge is -2.26. The maximum atomic E-state index is 14.0. The number of carbonyl (C=O) groups is 5. The Hall–Kier alpha value is -6.04. The summed E-state index contributed by atoms with van der Waals surface area (Å²) in [5.41, 5.74) is 23.2. The number of nitrogens with one attached hydrogen (secondary N) is 5. The zero-order chi connectivity index (χ0) is 39.9. The lowest BCUT2D eigenvalue weighted by atomic mass is 10.00. The highest BCUT2D eigenvalue weighted by atomic mass is 32.1. The topological polar surface area (TPSA) is 295 Å². The van der Waals surface area contributed by atoms with Crippen LogP contribution in [0.4, 0.5) is 0 Å². The van der Waals surface area contributed by atoms with Crippen LogP contribution < -0.4 is 49.5 Å². The minimum absolute atomic E-state index is 0.00363. The Morgan fingerprint density at radius 1 is 0.564 bits per heavy atom. The number of nitrogens with zero attached hydrogens (tertiary/aromatic N) is 2. The summed E-state index contributed by atoms with van der Waals surface area (Å²) in [6, 6.07) is 13.3. The summed E-state index contributed by atoms with van der Waals surface area (Å²) in [4.78, 5) is 77.7. The van der Waals surface area contributed by atoms with Crippen LogP contribution in [0.15, 0.2) is 76.7 Å². The van der Waals surface area contributed by atoms with Gasteiger partial charge in [0.2, 0.25) is 29.5 Å². The molecule has 0 unspecified atom stereocenters. The van der Waals surface area contributed by atoms with Gasteiger partial charge in [0.25, 0.3) is 0 Å².